The van der Waals surface area contributed by atoms with E-state index >= 15 is 0 Å². The summed E-state index contributed by atoms with van der Waals surface area (Å²) >= 11 is 7.67. The van der Waals surface area contributed by atoms with Crippen LogP contribution in [0.5, 0.6) is 0 Å². The van der Waals surface area contributed by atoms with E-state index in [1.807, 2.05) is 13.3 Å². The molecule has 5 heteroatoms. The molecule has 0 aliphatic carbocycles. The van der Waals surface area contributed by atoms with Gasteiger partial charge in [-0.25, -0.2) is 0 Å². The van der Waals surface area contributed by atoms with Crippen molar-refractivity contribution in [2.45, 2.75) is 19.4 Å². The van der Waals surface area contributed by atoms with E-state index in [4.69, 9.17) is 17.3 Å². The number of benzene rings is 1. The summed E-state index contributed by atoms with van der Waals surface area (Å²) in [5.74, 6) is 0.843. The highest BCUT2D eigenvalue weighted by atomic mass is 35.5. The Hall–Kier alpha value is -0.870. The average molecular weight is 287 g/mol. The Balaban J connectivity index is 2.95. The van der Waals surface area contributed by atoms with E-state index in [1.165, 1.54) is 0 Å². The molecule has 2 N–H and O–H groups in total. The highest BCUT2D eigenvalue weighted by Crippen LogP contribution is 2.24. The summed E-state index contributed by atoms with van der Waals surface area (Å²) in [5.41, 5.74) is 6.69. The maximum atomic E-state index is 12.4. The standard InChI is InChI=1S/C13H19ClN2OS/c1-4-9(8-18-3)16(2)13(17)10-6-5-7-11(14)12(10)15/h5-7,9H,4,8,15H2,1-3H3. The lowest BCUT2D eigenvalue weighted by molar-refractivity contribution is 0.0744. The summed E-state index contributed by atoms with van der Waals surface area (Å²) < 4.78 is 0. The van der Waals surface area contributed by atoms with Crippen LogP contribution in [0.3, 0.4) is 0 Å². The molecular formula is C13H19ClN2OS. The molecule has 100 valence electrons. The van der Waals surface area contributed by atoms with Crippen LogP contribution in [-0.2, 0) is 0 Å². The lowest BCUT2D eigenvalue weighted by atomic mass is 10.1. The minimum Gasteiger partial charge on any atom is -0.397 e. The summed E-state index contributed by atoms with van der Waals surface area (Å²) in [6.07, 6.45) is 2.96. The van der Waals surface area contributed by atoms with E-state index < -0.39 is 0 Å². The van der Waals surface area contributed by atoms with E-state index in [0.717, 1.165) is 12.2 Å². The van der Waals surface area contributed by atoms with Crippen LogP contribution in [0.4, 0.5) is 5.69 Å². The first-order valence-corrected chi connectivity index (χ1v) is 7.60. The Kier molecular flexibility index (Phi) is 5.82. The van der Waals surface area contributed by atoms with Crippen molar-refractivity contribution >= 4 is 35.0 Å². The van der Waals surface area contributed by atoms with Gasteiger partial charge in [0.05, 0.1) is 16.3 Å². The fraction of sp³-hybridized carbons (Fsp3) is 0.462. The number of rotatable bonds is 5. The van der Waals surface area contributed by atoms with Gasteiger partial charge in [0.1, 0.15) is 0 Å². The average Bonchev–Trinajstić information content (AvgIpc) is 2.37. The number of nitrogens with two attached hydrogens (primary N) is 1. The summed E-state index contributed by atoms with van der Waals surface area (Å²) in [7, 11) is 1.81. The molecular weight excluding hydrogens is 268 g/mol. The molecule has 0 fully saturated rings. The van der Waals surface area contributed by atoms with Crippen molar-refractivity contribution in [2.75, 3.05) is 24.8 Å². The molecule has 0 bridgehead atoms. The SMILES string of the molecule is CCC(CSC)N(C)C(=O)c1cccc(Cl)c1N. The molecule has 0 aromatic heterocycles. The van der Waals surface area contributed by atoms with Crippen LogP contribution in [0.1, 0.15) is 23.7 Å². The molecule has 0 saturated heterocycles. The summed E-state index contributed by atoms with van der Waals surface area (Å²) in [5, 5.41) is 0.423. The van der Waals surface area contributed by atoms with Gasteiger partial charge >= 0.3 is 0 Å². The highest BCUT2D eigenvalue weighted by molar-refractivity contribution is 7.98. The maximum Gasteiger partial charge on any atom is 0.256 e. The summed E-state index contributed by atoms with van der Waals surface area (Å²) in [6, 6.07) is 5.36. The number of carbonyl (C=O) groups is 1. The summed E-state index contributed by atoms with van der Waals surface area (Å²) in [6.45, 7) is 2.08. The molecule has 0 aliphatic rings. The molecule has 1 amide bonds. The fourth-order valence-electron chi connectivity index (χ4n) is 1.78. The van der Waals surface area contributed by atoms with Gasteiger partial charge in [0, 0.05) is 18.8 Å². The van der Waals surface area contributed by atoms with Crippen LogP contribution >= 0.6 is 23.4 Å². The molecule has 1 atom stereocenters. The van der Waals surface area contributed by atoms with Crippen molar-refractivity contribution in [1.82, 2.24) is 4.90 Å². The van der Waals surface area contributed by atoms with Crippen LogP contribution in [-0.4, -0.2) is 35.9 Å². The molecule has 0 heterocycles. The van der Waals surface area contributed by atoms with E-state index in [2.05, 4.69) is 6.92 Å². The number of halogens is 1. The van der Waals surface area contributed by atoms with Gasteiger partial charge in [0.25, 0.3) is 5.91 Å². The molecule has 0 saturated carbocycles. The molecule has 0 aliphatic heterocycles. The molecule has 1 aromatic carbocycles. The Morgan fingerprint density at radius 2 is 2.22 bits per heavy atom. The number of thioether (sulfide) groups is 1. The molecule has 1 aromatic rings. The molecule has 3 nitrogen and oxygen atoms in total. The Morgan fingerprint density at radius 3 is 2.78 bits per heavy atom. The second-order valence-electron chi connectivity index (χ2n) is 4.13. The fourth-order valence-corrected chi connectivity index (χ4v) is 2.79. The molecule has 0 radical (unpaired) electrons. The highest BCUT2D eigenvalue weighted by Gasteiger charge is 2.21. The Labute approximate surface area is 118 Å². The number of nitrogens with zero attached hydrogens (tertiary/aromatic N) is 1. The first-order valence-electron chi connectivity index (χ1n) is 5.83. The van der Waals surface area contributed by atoms with Gasteiger partial charge in [0.2, 0.25) is 0 Å². The van der Waals surface area contributed by atoms with Crippen LogP contribution in [0.2, 0.25) is 5.02 Å². The molecule has 18 heavy (non-hydrogen) atoms. The van der Waals surface area contributed by atoms with Gasteiger partial charge in [-0.3, -0.25) is 4.79 Å². The van der Waals surface area contributed by atoms with Crippen LogP contribution in [0.15, 0.2) is 18.2 Å². The second-order valence-corrected chi connectivity index (χ2v) is 5.45. The van der Waals surface area contributed by atoms with Crippen LogP contribution < -0.4 is 5.73 Å². The largest absolute Gasteiger partial charge is 0.397 e. The number of amides is 1. The molecule has 1 rings (SSSR count). The van der Waals surface area contributed by atoms with Crippen molar-refractivity contribution in [3.63, 3.8) is 0 Å². The van der Waals surface area contributed by atoms with Gasteiger partial charge in [0.15, 0.2) is 0 Å². The predicted octanol–water partition coefficient (Wildman–Crippen LogP) is 3.14. The van der Waals surface area contributed by atoms with Crippen molar-refractivity contribution < 1.29 is 4.79 Å². The number of nitrogen functional groups attached to an aromatic ring is 1. The minimum atomic E-state index is -0.0732. The number of anilines is 1. The second kappa shape index (κ2) is 6.90. The topological polar surface area (TPSA) is 46.3 Å². The van der Waals surface area contributed by atoms with E-state index in [9.17, 15) is 4.79 Å². The third kappa shape index (κ3) is 3.33. The van der Waals surface area contributed by atoms with Crippen molar-refractivity contribution in [3.8, 4) is 0 Å². The van der Waals surface area contributed by atoms with Gasteiger partial charge in [-0.2, -0.15) is 11.8 Å². The van der Waals surface area contributed by atoms with E-state index in [0.29, 0.717) is 16.3 Å². The zero-order valence-electron chi connectivity index (χ0n) is 10.9. The zero-order valence-corrected chi connectivity index (χ0v) is 12.5. The minimum absolute atomic E-state index is 0.0732. The van der Waals surface area contributed by atoms with E-state index in [1.54, 1.807) is 34.9 Å². The lowest BCUT2D eigenvalue weighted by Gasteiger charge is -2.27. The van der Waals surface area contributed by atoms with E-state index in [-0.39, 0.29) is 11.9 Å². The van der Waals surface area contributed by atoms with Gasteiger partial charge in [-0.1, -0.05) is 24.6 Å². The van der Waals surface area contributed by atoms with Gasteiger partial charge in [-0.15, -0.1) is 0 Å². The van der Waals surface area contributed by atoms with Crippen molar-refractivity contribution in [2.24, 2.45) is 0 Å². The van der Waals surface area contributed by atoms with Gasteiger partial charge in [-0.05, 0) is 24.8 Å². The van der Waals surface area contributed by atoms with Crippen LogP contribution in [0.25, 0.3) is 0 Å². The number of hydrogen-bond acceptors (Lipinski definition) is 3. The normalized spacial score (nSPS) is 12.2. The third-order valence-electron chi connectivity index (χ3n) is 2.98. The molecule has 1 unspecified atom stereocenters. The maximum absolute atomic E-state index is 12.4. The first kappa shape index (κ1) is 15.2. The predicted molar refractivity (Wildman–Crippen MR) is 80.4 cm³/mol. The van der Waals surface area contributed by atoms with Crippen LogP contribution in [0, 0.1) is 0 Å². The molecule has 0 spiro atoms. The lowest BCUT2D eigenvalue weighted by Crippen LogP contribution is -2.38. The van der Waals surface area contributed by atoms with Gasteiger partial charge < -0.3 is 10.6 Å². The Bertz CT molecular complexity index is 425. The number of hydrogen-bond donors (Lipinski definition) is 1. The third-order valence-corrected chi connectivity index (χ3v) is 4.03. The Morgan fingerprint density at radius 1 is 1.56 bits per heavy atom. The quantitative estimate of drug-likeness (QED) is 0.846. The number of carbonyl (C=O) groups excluding carboxylic acids is 1. The summed E-state index contributed by atoms with van der Waals surface area (Å²) in [4.78, 5) is 14.1. The number of para-hydroxylation sites is 1. The smallest absolute Gasteiger partial charge is 0.256 e. The zero-order chi connectivity index (χ0) is 13.7. The van der Waals surface area contributed by atoms with Crippen molar-refractivity contribution in [1.29, 1.82) is 0 Å². The van der Waals surface area contributed by atoms with Crippen molar-refractivity contribution in [3.05, 3.63) is 28.8 Å². The first-order chi connectivity index (χ1) is 8.52. The monoisotopic (exact) mass is 286 g/mol.